The zero-order chi connectivity index (χ0) is 10.3. The van der Waals surface area contributed by atoms with Crippen LogP contribution in [-0.2, 0) is 9.53 Å². The Balaban J connectivity index is 3.39. The van der Waals surface area contributed by atoms with E-state index >= 15 is 0 Å². The van der Waals surface area contributed by atoms with E-state index in [9.17, 15) is 4.79 Å². The van der Waals surface area contributed by atoms with Crippen LogP contribution in [-0.4, -0.2) is 18.6 Å². The van der Waals surface area contributed by atoms with Crippen molar-refractivity contribution in [2.45, 2.75) is 46.1 Å². The summed E-state index contributed by atoms with van der Waals surface area (Å²) in [6.45, 7) is 6.47. The minimum atomic E-state index is -0.113. The summed E-state index contributed by atoms with van der Waals surface area (Å²) >= 11 is 0. The molecule has 1 atom stereocenters. The molecule has 0 aliphatic heterocycles. The molecule has 0 aromatic carbocycles. The lowest BCUT2D eigenvalue weighted by molar-refractivity contribution is -0.143. The zero-order valence-corrected chi connectivity index (χ0v) is 8.88. The summed E-state index contributed by atoms with van der Waals surface area (Å²) in [5.41, 5.74) is 5.82. The summed E-state index contributed by atoms with van der Waals surface area (Å²) in [6.07, 6.45) is 2.23. The standard InChI is InChI=1S/C10H21NO2/c1-4-13-10(12)7-5-6-9(11)8(2)3/h8-9H,4-7,11H2,1-3H3. The van der Waals surface area contributed by atoms with Crippen LogP contribution < -0.4 is 5.73 Å². The molecule has 0 aromatic heterocycles. The summed E-state index contributed by atoms with van der Waals surface area (Å²) in [7, 11) is 0. The minimum absolute atomic E-state index is 0.113. The van der Waals surface area contributed by atoms with Gasteiger partial charge in [-0.25, -0.2) is 0 Å². The molecule has 3 heteroatoms. The molecular weight excluding hydrogens is 166 g/mol. The Labute approximate surface area is 80.6 Å². The first-order valence-electron chi connectivity index (χ1n) is 4.99. The van der Waals surface area contributed by atoms with Crippen LogP contribution >= 0.6 is 0 Å². The number of nitrogens with two attached hydrogens (primary N) is 1. The van der Waals surface area contributed by atoms with Gasteiger partial charge >= 0.3 is 5.97 Å². The molecular formula is C10H21NO2. The quantitative estimate of drug-likeness (QED) is 0.644. The number of hydrogen-bond donors (Lipinski definition) is 1. The molecule has 0 saturated carbocycles. The van der Waals surface area contributed by atoms with Gasteiger partial charge in [0.05, 0.1) is 6.61 Å². The predicted octanol–water partition coefficient (Wildman–Crippen LogP) is 1.70. The van der Waals surface area contributed by atoms with Crippen molar-refractivity contribution < 1.29 is 9.53 Å². The Hall–Kier alpha value is -0.570. The number of rotatable bonds is 6. The summed E-state index contributed by atoms with van der Waals surface area (Å²) in [5, 5.41) is 0. The normalized spacial score (nSPS) is 13.0. The van der Waals surface area contributed by atoms with Gasteiger partial charge in [0.25, 0.3) is 0 Å². The van der Waals surface area contributed by atoms with Crippen molar-refractivity contribution >= 4 is 5.97 Å². The molecule has 0 rings (SSSR count). The highest BCUT2D eigenvalue weighted by atomic mass is 16.5. The first kappa shape index (κ1) is 12.4. The lowest BCUT2D eigenvalue weighted by Crippen LogP contribution is -2.26. The number of carbonyl (C=O) groups is 1. The highest BCUT2D eigenvalue weighted by Gasteiger charge is 2.08. The molecule has 78 valence electrons. The van der Waals surface area contributed by atoms with Gasteiger partial charge in [0.15, 0.2) is 0 Å². The van der Waals surface area contributed by atoms with Crippen LogP contribution in [0.5, 0.6) is 0 Å². The summed E-state index contributed by atoms with van der Waals surface area (Å²) in [5.74, 6) is 0.376. The van der Waals surface area contributed by atoms with Crippen molar-refractivity contribution in [3.8, 4) is 0 Å². The van der Waals surface area contributed by atoms with Crippen molar-refractivity contribution in [2.24, 2.45) is 11.7 Å². The molecule has 0 aliphatic carbocycles. The van der Waals surface area contributed by atoms with Gasteiger partial charge < -0.3 is 10.5 Å². The number of esters is 1. The number of hydrogen-bond acceptors (Lipinski definition) is 3. The molecule has 0 fully saturated rings. The Morgan fingerprint density at radius 2 is 2.08 bits per heavy atom. The van der Waals surface area contributed by atoms with E-state index in [-0.39, 0.29) is 12.0 Å². The van der Waals surface area contributed by atoms with Crippen LogP contribution in [0, 0.1) is 5.92 Å². The fourth-order valence-electron chi connectivity index (χ4n) is 1.05. The van der Waals surface area contributed by atoms with Crippen LogP contribution in [0.4, 0.5) is 0 Å². The minimum Gasteiger partial charge on any atom is -0.466 e. The van der Waals surface area contributed by atoms with Crippen molar-refractivity contribution in [3.05, 3.63) is 0 Å². The summed E-state index contributed by atoms with van der Waals surface area (Å²) < 4.78 is 4.80. The van der Waals surface area contributed by atoms with Crippen LogP contribution in [0.15, 0.2) is 0 Å². The van der Waals surface area contributed by atoms with Crippen LogP contribution in [0.3, 0.4) is 0 Å². The van der Waals surface area contributed by atoms with E-state index in [1.807, 2.05) is 6.92 Å². The molecule has 13 heavy (non-hydrogen) atoms. The van der Waals surface area contributed by atoms with E-state index in [4.69, 9.17) is 10.5 Å². The van der Waals surface area contributed by atoms with Gasteiger partial charge in [-0.1, -0.05) is 13.8 Å². The van der Waals surface area contributed by atoms with E-state index in [0.29, 0.717) is 18.9 Å². The van der Waals surface area contributed by atoms with Crippen LogP contribution in [0.2, 0.25) is 0 Å². The molecule has 0 amide bonds. The Kier molecular flexibility index (Phi) is 6.59. The van der Waals surface area contributed by atoms with Crippen LogP contribution in [0.1, 0.15) is 40.0 Å². The lowest BCUT2D eigenvalue weighted by Gasteiger charge is -2.14. The second-order valence-corrected chi connectivity index (χ2v) is 3.61. The third-order valence-corrected chi connectivity index (χ3v) is 2.08. The van der Waals surface area contributed by atoms with Gasteiger partial charge in [-0.05, 0) is 25.7 Å². The SMILES string of the molecule is CCOC(=O)CCCC(N)C(C)C. The molecule has 0 saturated heterocycles. The third-order valence-electron chi connectivity index (χ3n) is 2.08. The maximum absolute atomic E-state index is 10.9. The molecule has 2 N–H and O–H groups in total. The monoisotopic (exact) mass is 187 g/mol. The topological polar surface area (TPSA) is 52.3 Å². The summed E-state index contributed by atoms with van der Waals surface area (Å²) in [4.78, 5) is 10.9. The first-order valence-corrected chi connectivity index (χ1v) is 4.99. The Bertz CT molecular complexity index is 146. The molecule has 0 spiro atoms. The second-order valence-electron chi connectivity index (χ2n) is 3.61. The van der Waals surface area contributed by atoms with E-state index in [0.717, 1.165) is 12.8 Å². The lowest BCUT2D eigenvalue weighted by atomic mass is 10.00. The van der Waals surface area contributed by atoms with E-state index in [1.165, 1.54) is 0 Å². The summed E-state index contributed by atoms with van der Waals surface area (Å²) in [6, 6.07) is 0.203. The fraction of sp³-hybridized carbons (Fsp3) is 0.900. The molecule has 3 nitrogen and oxygen atoms in total. The van der Waals surface area contributed by atoms with E-state index in [1.54, 1.807) is 0 Å². The maximum Gasteiger partial charge on any atom is 0.305 e. The fourth-order valence-corrected chi connectivity index (χ4v) is 1.05. The van der Waals surface area contributed by atoms with Gasteiger partial charge in [0.1, 0.15) is 0 Å². The van der Waals surface area contributed by atoms with Crippen molar-refractivity contribution in [3.63, 3.8) is 0 Å². The zero-order valence-electron chi connectivity index (χ0n) is 8.88. The molecule has 0 aromatic rings. The molecule has 0 heterocycles. The average molecular weight is 187 g/mol. The number of ether oxygens (including phenoxy) is 1. The Morgan fingerprint density at radius 3 is 2.54 bits per heavy atom. The van der Waals surface area contributed by atoms with Gasteiger partial charge in [-0.3, -0.25) is 4.79 Å². The molecule has 0 bridgehead atoms. The maximum atomic E-state index is 10.9. The van der Waals surface area contributed by atoms with Gasteiger partial charge in [0.2, 0.25) is 0 Å². The van der Waals surface area contributed by atoms with Gasteiger partial charge in [0, 0.05) is 12.5 Å². The van der Waals surface area contributed by atoms with Gasteiger partial charge in [-0.15, -0.1) is 0 Å². The predicted molar refractivity (Wildman–Crippen MR) is 53.3 cm³/mol. The van der Waals surface area contributed by atoms with E-state index < -0.39 is 0 Å². The van der Waals surface area contributed by atoms with Crippen molar-refractivity contribution in [1.29, 1.82) is 0 Å². The average Bonchev–Trinajstić information content (AvgIpc) is 2.04. The largest absolute Gasteiger partial charge is 0.466 e. The second kappa shape index (κ2) is 6.89. The van der Waals surface area contributed by atoms with Crippen LogP contribution in [0.25, 0.3) is 0 Å². The molecule has 0 radical (unpaired) electrons. The third kappa shape index (κ3) is 6.58. The van der Waals surface area contributed by atoms with Crippen molar-refractivity contribution in [2.75, 3.05) is 6.61 Å². The van der Waals surface area contributed by atoms with Gasteiger partial charge in [-0.2, -0.15) is 0 Å². The number of carbonyl (C=O) groups excluding carboxylic acids is 1. The highest BCUT2D eigenvalue weighted by molar-refractivity contribution is 5.69. The first-order chi connectivity index (χ1) is 6.07. The Morgan fingerprint density at radius 1 is 1.46 bits per heavy atom. The smallest absolute Gasteiger partial charge is 0.305 e. The highest BCUT2D eigenvalue weighted by Crippen LogP contribution is 2.07. The van der Waals surface area contributed by atoms with Crippen molar-refractivity contribution in [1.82, 2.24) is 0 Å². The van der Waals surface area contributed by atoms with E-state index in [2.05, 4.69) is 13.8 Å². The molecule has 1 unspecified atom stereocenters. The molecule has 0 aliphatic rings.